The smallest absolute Gasteiger partial charge is 0.220 e. The molecule has 2 fully saturated rings. The maximum Gasteiger partial charge on any atom is 0.220 e. The van der Waals surface area contributed by atoms with Crippen LogP contribution in [-0.2, 0) is 4.79 Å². The monoisotopic (exact) mass is 331 g/mol. The van der Waals surface area contributed by atoms with E-state index in [9.17, 15) is 4.79 Å². The number of amides is 1. The second-order valence-corrected chi connectivity index (χ2v) is 7.16. The van der Waals surface area contributed by atoms with Crippen molar-refractivity contribution >= 4 is 5.91 Å². The number of methoxy groups -OCH3 is 1. The van der Waals surface area contributed by atoms with E-state index in [-0.39, 0.29) is 5.91 Å². The molecule has 0 radical (unpaired) electrons. The number of rotatable bonds is 7. The SMILES string of the molecule is COc1ccc(OCCCC(=O)N[C@@H]2CC[C@@H]3CCC[C@H]3C2)cc1. The molecule has 1 aromatic rings. The first-order chi connectivity index (χ1) is 11.7. The van der Waals surface area contributed by atoms with Crippen molar-refractivity contribution in [1.82, 2.24) is 5.32 Å². The van der Waals surface area contributed by atoms with Gasteiger partial charge >= 0.3 is 0 Å². The molecule has 0 aromatic heterocycles. The van der Waals surface area contributed by atoms with Crippen molar-refractivity contribution in [2.24, 2.45) is 11.8 Å². The molecule has 132 valence electrons. The van der Waals surface area contributed by atoms with E-state index in [4.69, 9.17) is 9.47 Å². The lowest BCUT2D eigenvalue weighted by molar-refractivity contribution is -0.122. The fraction of sp³-hybridized carbons (Fsp3) is 0.650. The number of carbonyl (C=O) groups is 1. The molecular weight excluding hydrogens is 302 g/mol. The first kappa shape index (κ1) is 17.1. The fourth-order valence-corrected chi connectivity index (χ4v) is 4.23. The van der Waals surface area contributed by atoms with Crippen LogP contribution < -0.4 is 14.8 Å². The Labute approximate surface area is 144 Å². The van der Waals surface area contributed by atoms with Crippen LogP contribution in [0.4, 0.5) is 0 Å². The van der Waals surface area contributed by atoms with Gasteiger partial charge in [-0.3, -0.25) is 4.79 Å². The molecule has 0 bridgehead atoms. The van der Waals surface area contributed by atoms with Gasteiger partial charge in [0, 0.05) is 12.5 Å². The third-order valence-electron chi connectivity index (χ3n) is 5.53. The van der Waals surface area contributed by atoms with Gasteiger partial charge in [0.2, 0.25) is 5.91 Å². The molecule has 0 spiro atoms. The van der Waals surface area contributed by atoms with Gasteiger partial charge < -0.3 is 14.8 Å². The van der Waals surface area contributed by atoms with Gasteiger partial charge in [-0.25, -0.2) is 0 Å². The molecular formula is C20H29NO3. The average Bonchev–Trinajstić information content (AvgIpc) is 3.07. The van der Waals surface area contributed by atoms with E-state index in [0.717, 1.165) is 36.2 Å². The summed E-state index contributed by atoms with van der Waals surface area (Å²) in [6.45, 7) is 0.565. The predicted octanol–water partition coefficient (Wildman–Crippen LogP) is 3.94. The van der Waals surface area contributed by atoms with Crippen molar-refractivity contribution in [2.45, 2.75) is 57.4 Å². The van der Waals surface area contributed by atoms with Crippen LogP contribution in [0, 0.1) is 11.8 Å². The molecule has 2 aliphatic rings. The Hall–Kier alpha value is -1.71. The molecule has 0 heterocycles. The highest BCUT2D eigenvalue weighted by Crippen LogP contribution is 2.42. The van der Waals surface area contributed by atoms with Crippen molar-refractivity contribution in [3.63, 3.8) is 0 Å². The minimum Gasteiger partial charge on any atom is -0.497 e. The Kier molecular flexibility index (Phi) is 6.00. The summed E-state index contributed by atoms with van der Waals surface area (Å²) < 4.78 is 10.8. The van der Waals surface area contributed by atoms with Crippen LogP contribution in [0.2, 0.25) is 0 Å². The molecule has 2 saturated carbocycles. The topological polar surface area (TPSA) is 47.6 Å². The normalized spacial score (nSPS) is 25.8. The molecule has 0 aliphatic heterocycles. The molecule has 0 unspecified atom stereocenters. The lowest BCUT2D eigenvalue weighted by atomic mass is 9.79. The standard InChI is InChI=1S/C20H29NO3/c1-23-18-9-11-19(12-10-18)24-13-3-6-20(22)21-17-8-7-15-4-2-5-16(15)14-17/h9-12,15-17H,2-8,13-14H2,1H3,(H,21,22)/t15-,16-,17+/m0/s1. The highest BCUT2D eigenvalue weighted by molar-refractivity contribution is 5.76. The number of fused-ring (bicyclic) bond motifs is 1. The molecule has 1 amide bonds. The van der Waals surface area contributed by atoms with E-state index in [2.05, 4.69) is 5.32 Å². The molecule has 3 rings (SSSR count). The van der Waals surface area contributed by atoms with Gasteiger partial charge in [0.1, 0.15) is 11.5 Å². The van der Waals surface area contributed by atoms with Crippen LogP contribution in [-0.4, -0.2) is 25.7 Å². The zero-order valence-electron chi connectivity index (χ0n) is 14.6. The van der Waals surface area contributed by atoms with Crippen molar-refractivity contribution in [3.05, 3.63) is 24.3 Å². The third kappa shape index (κ3) is 4.65. The van der Waals surface area contributed by atoms with Crippen LogP contribution in [0.25, 0.3) is 0 Å². The summed E-state index contributed by atoms with van der Waals surface area (Å²) in [5.74, 6) is 3.61. The van der Waals surface area contributed by atoms with Gasteiger partial charge in [-0.1, -0.05) is 19.3 Å². The third-order valence-corrected chi connectivity index (χ3v) is 5.53. The van der Waals surface area contributed by atoms with E-state index in [1.54, 1.807) is 7.11 Å². The van der Waals surface area contributed by atoms with Crippen LogP contribution in [0.5, 0.6) is 11.5 Å². The predicted molar refractivity (Wildman–Crippen MR) is 94.3 cm³/mol. The van der Waals surface area contributed by atoms with Gasteiger partial charge in [0.25, 0.3) is 0 Å². The largest absolute Gasteiger partial charge is 0.497 e. The molecule has 4 nitrogen and oxygen atoms in total. The minimum atomic E-state index is 0.176. The second kappa shape index (κ2) is 8.41. The van der Waals surface area contributed by atoms with Gasteiger partial charge in [-0.05, 0) is 61.8 Å². The van der Waals surface area contributed by atoms with Crippen LogP contribution in [0.15, 0.2) is 24.3 Å². The van der Waals surface area contributed by atoms with Crippen LogP contribution in [0.3, 0.4) is 0 Å². The Morgan fingerprint density at radius 3 is 2.62 bits per heavy atom. The summed E-state index contributed by atoms with van der Waals surface area (Å²) in [5, 5.41) is 3.23. The van der Waals surface area contributed by atoms with Crippen molar-refractivity contribution in [3.8, 4) is 11.5 Å². The number of nitrogens with one attached hydrogen (secondary N) is 1. The average molecular weight is 331 g/mol. The summed E-state index contributed by atoms with van der Waals surface area (Å²) in [4.78, 5) is 12.1. The number of hydrogen-bond donors (Lipinski definition) is 1. The van der Waals surface area contributed by atoms with E-state index >= 15 is 0 Å². The van der Waals surface area contributed by atoms with Gasteiger partial charge in [-0.2, -0.15) is 0 Å². The molecule has 24 heavy (non-hydrogen) atoms. The van der Waals surface area contributed by atoms with Gasteiger partial charge in [0.05, 0.1) is 13.7 Å². The van der Waals surface area contributed by atoms with Crippen molar-refractivity contribution < 1.29 is 14.3 Å². The van der Waals surface area contributed by atoms with Gasteiger partial charge in [-0.15, -0.1) is 0 Å². The molecule has 4 heteroatoms. The van der Waals surface area contributed by atoms with E-state index in [1.807, 2.05) is 24.3 Å². The maximum absolute atomic E-state index is 12.1. The molecule has 0 saturated heterocycles. The van der Waals surface area contributed by atoms with Crippen molar-refractivity contribution in [2.75, 3.05) is 13.7 Å². The summed E-state index contributed by atoms with van der Waals surface area (Å²) >= 11 is 0. The zero-order chi connectivity index (χ0) is 16.8. The molecule has 3 atom stereocenters. The lowest BCUT2D eigenvalue weighted by Gasteiger charge is -2.32. The quantitative estimate of drug-likeness (QED) is 0.770. The Balaban J connectivity index is 1.31. The van der Waals surface area contributed by atoms with E-state index in [0.29, 0.717) is 19.1 Å². The second-order valence-electron chi connectivity index (χ2n) is 7.16. The Morgan fingerprint density at radius 1 is 1.08 bits per heavy atom. The Bertz CT molecular complexity index is 528. The van der Waals surface area contributed by atoms with Gasteiger partial charge in [0.15, 0.2) is 0 Å². The number of benzene rings is 1. The lowest BCUT2D eigenvalue weighted by Crippen LogP contribution is -2.39. The van der Waals surface area contributed by atoms with Crippen molar-refractivity contribution in [1.29, 1.82) is 0 Å². The number of carbonyl (C=O) groups excluding carboxylic acids is 1. The summed E-state index contributed by atoms with van der Waals surface area (Å²) in [6.07, 6.45) is 9.11. The number of ether oxygens (including phenoxy) is 2. The maximum atomic E-state index is 12.1. The highest BCUT2D eigenvalue weighted by Gasteiger charge is 2.34. The Morgan fingerprint density at radius 2 is 1.83 bits per heavy atom. The first-order valence-corrected chi connectivity index (χ1v) is 9.31. The van der Waals surface area contributed by atoms with E-state index in [1.165, 1.54) is 32.1 Å². The number of hydrogen-bond acceptors (Lipinski definition) is 3. The minimum absolute atomic E-state index is 0.176. The first-order valence-electron chi connectivity index (χ1n) is 9.31. The summed E-state index contributed by atoms with van der Waals surface area (Å²) in [7, 11) is 1.65. The molecule has 2 aliphatic carbocycles. The fourth-order valence-electron chi connectivity index (χ4n) is 4.23. The molecule has 1 aromatic carbocycles. The van der Waals surface area contributed by atoms with Crippen LogP contribution >= 0.6 is 0 Å². The van der Waals surface area contributed by atoms with E-state index < -0.39 is 0 Å². The highest BCUT2D eigenvalue weighted by atomic mass is 16.5. The summed E-state index contributed by atoms with van der Waals surface area (Å²) in [6, 6.07) is 7.93. The zero-order valence-corrected chi connectivity index (χ0v) is 14.6. The molecule has 1 N–H and O–H groups in total. The summed E-state index contributed by atoms with van der Waals surface area (Å²) in [5.41, 5.74) is 0. The van der Waals surface area contributed by atoms with Crippen LogP contribution in [0.1, 0.15) is 51.4 Å².